The molecule has 0 fully saturated rings. The van der Waals surface area contributed by atoms with E-state index < -0.39 is 15.9 Å². The van der Waals surface area contributed by atoms with E-state index in [0.29, 0.717) is 21.9 Å². The van der Waals surface area contributed by atoms with Crippen molar-refractivity contribution in [1.82, 2.24) is 0 Å². The van der Waals surface area contributed by atoms with Crippen LogP contribution in [0.15, 0.2) is 82.2 Å². The van der Waals surface area contributed by atoms with Crippen LogP contribution in [0.5, 0.6) is 5.75 Å². The lowest BCUT2D eigenvalue weighted by Gasteiger charge is -2.23. The number of hydrogen-bond acceptors (Lipinski definition) is 4. The first-order chi connectivity index (χ1) is 13.8. The van der Waals surface area contributed by atoms with Gasteiger partial charge < -0.3 is 4.74 Å². The van der Waals surface area contributed by atoms with E-state index in [1.165, 1.54) is 36.4 Å². The highest BCUT2D eigenvalue weighted by Gasteiger charge is 2.32. The van der Waals surface area contributed by atoms with Gasteiger partial charge in [-0.05, 0) is 73.7 Å². The Kier molecular flexibility index (Phi) is 6.62. The Bertz CT molecular complexity index is 1120. The summed E-state index contributed by atoms with van der Waals surface area (Å²) >= 11 is 9.20. The molecule has 0 spiro atoms. The van der Waals surface area contributed by atoms with E-state index in [-0.39, 0.29) is 16.1 Å². The van der Waals surface area contributed by atoms with Gasteiger partial charge in [0.05, 0.1) is 17.2 Å². The second-order valence-corrected chi connectivity index (χ2v) is 9.10. The highest BCUT2D eigenvalue weighted by Crippen LogP contribution is 2.29. The van der Waals surface area contributed by atoms with Gasteiger partial charge in [0.25, 0.3) is 15.9 Å². The van der Waals surface area contributed by atoms with Crippen LogP contribution in [0, 0.1) is 0 Å². The summed E-state index contributed by atoms with van der Waals surface area (Å²) in [6.07, 6.45) is 0. The number of rotatable bonds is 6. The van der Waals surface area contributed by atoms with Gasteiger partial charge in [-0.2, -0.15) is 4.31 Å². The van der Waals surface area contributed by atoms with Gasteiger partial charge in [-0.25, -0.2) is 8.42 Å². The van der Waals surface area contributed by atoms with E-state index in [4.69, 9.17) is 16.3 Å². The minimum absolute atomic E-state index is 0.0425. The van der Waals surface area contributed by atoms with Crippen molar-refractivity contribution in [2.75, 3.05) is 10.9 Å². The third-order valence-electron chi connectivity index (χ3n) is 3.99. The molecule has 3 aromatic rings. The van der Waals surface area contributed by atoms with Gasteiger partial charge in [0.2, 0.25) is 0 Å². The van der Waals surface area contributed by atoms with Crippen LogP contribution in [0.3, 0.4) is 0 Å². The smallest absolute Gasteiger partial charge is 0.272 e. The molecule has 0 saturated heterocycles. The molecule has 1 amide bonds. The molecular weight excluding hydrogens is 478 g/mol. The Labute approximate surface area is 183 Å². The van der Waals surface area contributed by atoms with Crippen molar-refractivity contribution in [3.8, 4) is 5.75 Å². The van der Waals surface area contributed by atoms with Crippen LogP contribution >= 0.6 is 27.5 Å². The van der Waals surface area contributed by atoms with Gasteiger partial charge in [0, 0.05) is 15.1 Å². The summed E-state index contributed by atoms with van der Waals surface area (Å²) in [5, 5.41) is 0.398. The third kappa shape index (κ3) is 4.80. The molecule has 0 bridgehead atoms. The summed E-state index contributed by atoms with van der Waals surface area (Å²) in [5.74, 6) is -0.0968. The lowest BCUT2D eigenvalue weighted by Crippen LogP contribution is -2.37. The lowest BCUT2D eigenvalue weighted by atomic mass is 10.2. The van der Waals surface area contributed by atoms with E-state index in [9.17, 15) is 13.2 Å². The average molecular weight is 495 g/mol. The summed E-state index contributed by atoms with van der Waals surface area (Å²) in [5.41, 5.74) is 0.430. The first-order valence-corrected chi connectivity index (χ1v) is 11.3. The number of carbonyl (C=O) groups excluding carboxylic acids is 1. The van der Waals surface area contributed by atoms with Crippen LogP contribution in [0.25, 0.3) is 0 Å². The summed E-state index contributed by atoms with van der Waals surface area (Å²) in [7, 11) is -4.19. The van der Waals surface area contributed by atoms with Gasteiger partial charge in [0.15, 0.2) is 0 Å². The van der Waals surface area contributed by atoms with Crippen LogP contribution < -0.4 is 9.04 Å². The number of benzene rings is 3. The molecule has 0 saturated carbocycles. The molecule has 0 atom stereocenters. The number of carbonyl (C=O) groups is 1. The van der Waals surface area contributed by atoms with Crippen LogP contribution in [-0.2, 0) is 10.0 Å². The fraction of sp³-hybridized carbons (Fsp3) is 0.0952. The van der Waals surface area contributed by atoms with E-state index >= 15 is 0 Å². The Morgan fingerprint density at radius 1 is 1.03 bits per heavy atom. The van der Waals surface area contributed by atoms with Crippen LogP contribution in [0.2, 0.25) is 5.02 Å². The lowest BCUT2D eigenvalue weighted by molar-refractivity contribution is 0.101. The summed E-state index contributed by atoms with van der Waals surface area (Å²) < 4.78 is 33.6. The van der Waals surface area contributed by atoms with E-state index in [1.54, 1.807) is 36.4 Å². The van der Waals surface area contributed by atoms with E-state index in [2.05, 4.69) is 15.9 Å². The molecule has 0 aliphatic rings. The topological polar surface area (TPSA) is 63.7 Å². The molecule has 0 aliphatic heterocycles. The van der Waals surface area contributed by atoms with Crippen molar-refractivity contribution in [2.45, 2.75) is 11.8 Å². The molecular formula is C21H17BrClNO4S. The van der Waals surface area contributed by atoms with Gasteiger partial charge in [-0.1, -0.05) is 33.6 Å². The van der Waals surface area contributed by atoms with Crippen LogP contribution in [0.1, 0.15) is 17.3 Å². The van der Waals surface area contributed by atoms with Crippen molar-refractivity contribution in [1.29, 1.82) is 0 Å². The zero-order valence-electron chi connectivity index (χ0n) is 15.4. The molecule has 0 heterocycles. The summed E-state index contributed by atoms with van der Waals surface area (Å²) in [6, 6.07) is 18.5. The molecule has 5 nitrogen and oxygen atoms in total. The van der Waals surface area contributed by atoms with Crippen molar-refractivity contribution in [2.24, 2.45) is 0 Å². The maximum absolute atomic E-state index is 13.4. The Morgan fingerprint density at radius 2 is 1.69 bits per heavy atom. The highest BCUT2D eigenvalue weighted by molar-refractivity contribution is 9.10. The molecule has 8 heteroatoms. The van der Waals surface area contributed by atoms with Crippen LogP contribution in [0.4, 0.5) is 5.69 Å². The standard InChI is InChI=1S/C21H17BrClNO4S/c1-2-28-19-10-8-18(9-11-19)24(21(25)15-4-3-5-16(22)14-15)29(26,27)20-12-6-17(23)7-13-20/h3-14H,2H2,1H3. The first-order valence-electron chi connectivity index (χ1n) is 8.66. The number of amides is 1. The fourth-order valence-electron chi connectivity index (χ4n) is 2.66. The summed E-state index contributed by atoms with van der Waals surface area (Å²) in [6.45, 7) is 2.32. The Balaban J connectivity index is 2.12. The van der Waals surface area contributed by atoms with E-state index in [1.807, 2.05) is 6.92 Å². The molecule has 0 unspecified atom stereocenters. The van der Waals surface area contributed by atoms with Crippen molar-refractivity contribution < 1.29 is 17.9 Å². The largest absolute Gasteiger partial charge is 0.494 e. The number of anilines is 1. The Hall–Kier alpha value is -2.35. The van der Waals surface area contributed by atoms with Crippen molar-refractivity contribution in [3.63, 3.8) is 0 Å². The van der Waals surface area contributed by atoms with Crippen molar-refractivity contribution >= 4 is 49.1 Å². The third-order valence-corrected chi connectivity index (χ3v) is 6.46. The highest BCUT2D eigenvalue weighted by atomic mass is 79.9. The molecule has 0 N–H and O–H groups in total. The maximum atomic E-state index is 13.4. The average Bonchev–Trinajstić information content (AvgIpc) is 2.70. The van der Waals surface area contributed by atoms with Gasteiger partial charge >= 0.3 is 0 Å². The quantitative estimate of drug-likeness (QED) is 0.451. The van der Waals surface area contributed by atoms with E-state index in [0.717, 1.165) is 4.31 Å². The second-order valence-electron chi connectivity index (χ2n) is 5.97. The second kappa shape index (κ2) is 8.98. The zero-order chi connectivity index (χ0) is 21.0. The zero-order valence-corrected chi connectivity index (χ0v) is 18.5. The molecule has 150 valence electrons. The van der Waals surface area contributed by atoms with Crippen LogP contribution in [-0.4, -0.2) is 20.9 Å². The predicted molar refractivity (Wildman–Crippen MR) is 117 cm³/mol. The minimum Gasteiger partial charge on any atom is -0.494 e. The molecule has 0 aromatic heterocycles. The summed E-state index contributed by atoms with van der Waals surface area (Å²) in [4.78, 5) is 13.2. The van der Waals surface area contributed by atoms with Crippen molar-refractivity contribution in [3.05, 3.63) is 87.9 Å². The normalized spacial score (nSPS) is 11.1. The number of ether oxygens (including phenoxy) is 1. The number of hydrogen-bond donors (Lipinski definition) is 0. The molecule has 0 radical (unpaired) electrons. The maximum Gasteiger partial charge on any atom is 0.272 e. The molecule has 29 heavy (non-hydrogen) atoms. The number of sulfonamides is 1. The Morgan fingerprint density at radius 3 is 2.28 bits per heavy atom. The number of halogens is 2. The first kappa shape index (κ1) is 21.4. The fourth-order valence-corrected chi connectivity index (χ4v) is 4.60. The predicted octanol–water partition coefficient (Wildman–Crippen LogP) is 5.54. The monoisotopic (exact) mass is 493 g/mol. The minimum atomic E-state index is -4.19. The van der Waals surface area contributed by atoms with Gasteiger partial charge in [-0.3, -0.25) is 4.79 Å². The molecule has 0 aliphatic carbocycles. The molecule has 3 rings (SSSR count). The number of nitrogens with zero attached hydrogens (tertiary/aromatic N) is 1. The van der Waals surface area contributed by atoms with Gasteiger partial charge in [-0.15, -0.1) is 0 Å². The molecule has 3 aromatic carbocycles. The SMILES string of the molecule is CCOc1ccc(N(C(=O)c2cccc(Br)c2)S(=O)(=O)c2ccc(Cl)cc2)cc1. The van der Waals surface area contributed by atoms with Gasteiger partial charge in [0.1, 0.15) is 5.75 Å².